The number of para-hydroxylation sites is 4. The van der Waals surface area contributed by atoms with Crippen LogP contribution in [0.4, 0.5) is 17.1 Å². The summed E-state index contributed by atoms with van der Waals surface area (Å²) in [5.41, 5.74) is 13.1. The van der Waals surface area contributed by atoms with Gasteiger partial charge in [-0.2, -0.15) is 0 Å². The Morgan fingerprint density at radius 1 is 0.254 bits per heavy atom. The predicted molar refractivity (Wildman–Crippen MR) is 268 cm³/mol. The number of nitrogens with zero attached hydrogens (tertiary/aromatic N) is 3. The Morgan fingerprint density at radius 2 is 0.698 bits per heavy atom. The molecule has 0 atom stereocenters. The Bertz CT molecular complexity index is 4020. The van der Waals surface area contributed by atoms with Crippen LogP contribution in [-0.2, 0) is 0 Å². The second kappa shape index (κ2) is 13.1. The number of hydrogen-bond donors (Lipinski definition) is 0. The molecule has 0 spiro atoms. The van der Waals surface area contributed by atoms with E-state index in [4.69, 9.17) is 0 Å². The zero-order valence-electron chi connectivity index (χ0n) is 34.2. The zero-order valence-corrected chi connectivity index (χ0v) is 34.2. The van der Waals surface area contributed by atoms with Gasteiger partial charge < -0.3 is 13.9 Å². The molecule has 0 saturated heterocycles. The Morgan fingerprint density at radius 3 is 1.32 bits per heavy atom. The van der Waals surface area contributed by atoms with Crippen LogP contribution in [-0.4, -0.2) is 8.97 Å². The van der Waals surface area contributed by atoms with Gasteiger partial charge in [-0.25, -0.2) is 0 Å². The number of aromatic nitrogens is 2. The molecule has 292 valence electrons. The van der Waals surface area contributed by atoms with Crippen molar-refractivity contribution in [3.05, 3.63) is 224 Å². The molecule has 0 bridgehead atoms. The number of benzene rings is 11. The molecule has 0 N–H and O–H groups in total. The van der Waals surface area contributed by atoms with Crippen molar-refractivity contribution >= 4 is 109 Å². The first-order chi connectivity index (χ1) is 31.3. The smallest absolute Gasteiger partial charge is 0.0622 e. The van der Waals surface area contributed by atoms with Gasteiger partial charge >= 0.3 is 0 Å². The average Bonchev–Trinajstić information content (AvgIpc) is 3.99. The molecule has 0 saturated carbocycles. The molecular formula is C60H37N3. The van der Waals surface area contributed by atoms with E-state index >= 15 is 0 Å². The fourth-order valence-electron chi connectivity index (χ4n) is 10.9. The summed E-state index contributed by atoms with van der Waals surface area (Å²) in [5.74, 6) is 0. The van der Waals surface area contributed by atoms with E-state index in [9.17, 15) is 0 Å². The third-order valence-electron chi connectivity index (χ3n) is 13.6. The summed E-state index contributed by atoms with van der Waals surface area (Å²) >= 11 is 0. The molecule has 63 heavy (non-hydrogen) atoms. The van der Waals surface area contributed by atoms with Crippen molar-refractivity contribution in [1.29, 1.82) is 0 Å². The fraction of sp³-hybridized carbons (Fsp3) is 0. The number of anilines is 3. The van der Waals surface area contributed by atoms with Gasteiger partial charge in [0.25, 0.3) is 0 Å². The van der Waals surface area contributed by atoms with Gasteiger partial charge in [0.05, 0.1) is 27.6 Å². The van der Waals surface area contributed by atoms with Crippen LogP contribution in [0.15, 0.2) is 224 Å². The maximum atomic E-state index is 2.47. The van der Waals surface area contributed by atoms with Gasteiger partial charge in [-0.15, -0.1) is 0 Å². The van der Waals surface area contributed by atoms with Crippen LogP contribution in [0.1, 0.15) is 0 Å². The molecule has 0 fully saturated rings. The summed E-state index contributed by atoms with van der Waals surface area (Å²) in [4.78, 5) is 2.47. The van der Waals surface area contributed by atoms with Gasteiger partial charge in [-0.1, -0.05) is 146 Å². The summed E-state index contributed by atoms with van der Waals surface area (Å²) in [7, 11) is 0. The van der Waals surface area contributed by atoms with Crippen LogP contribution in [0.3, 0.4) is 0 Å². The topological polar surface area (TPSA) is 12.6 Å². The Hall–Kier alpha value is -8.40. The van der Waals surface area contributed by atoms with E-state index in [1.54, 1.807) is 0 Å². The first-order valence-electron chi connectivity index (χ1n) is 21.8. The van der Waals surface area contributed by atoms with Gasteiger partial charge in [0.15, 0.2) is 0 Å². The second-order valence-corrected chi connectivity index (χ2v) is 16.9. The van der Waals surface area contributed by atoms with Gasteiger partial charge in [-0.3, -0.25) is 0 Å². The quantitative estimate of drug-likeness (QED) is 0.158. The van der Waals surface area contributed by atoms with Crippen molar-refractivity contribution in [2.45, 2.75) is 0 Å². The van der Waals surface area contributed by atoms with Crippen molar-refractivity contribution < 1.29 is 0 Å². The van der Waals surface area contributed by atoms with Crippen LogP contribution >= 0.6 is 0 Å². The van der Waals surface area contributed by atoms with Gasteiger partial charge in [0.2, 0.25) is 0 Å². The normalized spacial score (nSPS) is 12.1. The first-order valence-corrected chi connectivity index (χ1v) is 21.8. The van der Waals surface area contributed by atoms with Crippen molar-refractivity contribution in [3.63, 3.8) is 0 Å². The summed E-state index contributed by atoms with van der Waals surface area (Å²) < 4.78 is 4.84. The van der Waals surface area contributed by atoms with Gasteiger partial charge in [0.1, 0.15) is 0 Å². The van der Waals surface area contributed by atoms with E-state index in [0.717, 1.165) is 17.1 Å². The molecule has 3 heterocycles. The fourth-order valence-corrected chi connectivity index (χ4v) is 10.9. The first kappa shape index (κ1) is 34.3. The van der Waals surface area contributed by atoms with Crippen molar-refractivity contribution in [2.75, 3.05) is 4.90 Å². The maximum Gasteiger partial charge on any atom is 0.0622 e. The van der Waals surface area contributed by atoms with Crippen LogP contribution in [0, 0.1) is 0 Å². The third kappa shape index (κ3) is 4.90. The highest BCUT2D eigenvalue weighted by Gasteiger charge is 2.22. The lowest BCUT2D eigenvalue weighted by atomic mass is 9.94. The molecule has 14 rings (SSSR count). The molecule has 0 amide bonds. The molecular weight excluding hydrogens is 763 g/mol. The van der Waals surface area contributed by atoms with Crippen LogP contribution in [0.5, 0.6) is 0 Å². The molecule has 0 aliphatic rings. The van der Waals surface area contributed by atoms with Gasteiger partial charge in [-0.05, 0) is 122 Å². The van der Waals surface area contributed by atoms with E-state index < -0.39 is 0 Å². The standard InChI is InChI=1S/C60H37N3/c1-2-14-40(15-3-1)62-56-23-11-8-20-49(56)53-34-39(28-33-59(53)62)38-26-29-41(30-27-38)61(42-31-32-48-46-18-5-4-16-44(46)45-17-6-7-19-47(45)52(48)35-42)43-36-54-50-21-9-12-24-57(50)63-58-25-13-10-22-51(58)55(37-43)60(54)63/h1-37H. The highest BCUT2D eigenvalue weighted by molar-refractivity contribution is 6.27. The minimum absolute atomic E-state index is 1.10. The molecule has 11 aromatic carbocycles. The second-order valence-electron chi connectivity index (χ2n) is 16.9. The average molecular weight is 800 g/mol. The van der Waals surface area contributed by atoms with E-state index in [1.807, 2.05) is 0 Å². The number of hydrogen-bond acceptors (Lipinski definition) is 1. The van der Waals surface area contributed by atoms with Crippen LogP contribution < -0.4 is 4.90 Å². The third-order valence-corrected chi connectivity index (χ3v) is 13.6. The monoisotopic (exact) mass is 799 g/mol. The highest BCUT2D eigenvalue weighted by Crippen LogP contribution is 2.46. The molecule has 0 aliphatic heterocycles. The molecule has 0 radical (unpaired) electrons. The highest BCUT2D eigenvalue weighted by atomic mass is 15.1. The lowest BCUT2D eigenvalue weighted by molar-refractivity contribution is 1.18. The lowest BCUT2D eigenvalue weighted by Gasteiger charge is -2.27. The van der Waals surface area contributed by atoms with Crippen molar-refractivity contribution in [1.82, 2.24) is 8.97 Å². The Balaban J connectivity index is 0.990. The molecule has 0 unspecified atom stereocenters. The molecule has 0 aliphatic carbocycles. The summed E-state index contributed by atoms with van der Waals surface area (Å²) in [6, 6.07) is 82.8. The lowest BCUT2D eigenvalue weighted by Crippen LogP contribution is -2.10. The van der Waals surface area contributed by atoms with E-state index in [0.29, 0.717) is 0 Å². The summed E-state index contributed by atoms with van der Waals surface area (Å²) in [6.45, 7) is 0. The van der Waals surface area contributed by atoms with E-state index in [2.05, 4.69) is 238 Å². The Labute approximate surface area is 362 Å². The van der Waals surface area contributed by atoms with Crippen LogP contribution in [0.25, 0.3) is 109 Å². The number of fused-ring (bicyclic) bond motifs is 15. The SMILES string of the molecule is c1ccc(-n2c3ccccc3c3cc(-c4ccc(N(c5ccc6c7ccccc7c7ccccc7c6c5)c5cc6c7ccccc7n7c8ccccc8c(c5)c67)cc4)ccc32)cc1. The molecule has 3 heteroatoms. The van der Waals surface area contributed by atoms with Crippen molar-refractivity contribution in [2.24, 2.45) is 0 Å². The predicted octanol–water partition coefficient (Wildman–Crippen LogP) is 16.5. The minimum Gasteiger partial charge on any atom is -0.310 e. The minimum atomic E-state index is 1.10. The van der Waals surface area contributed by atoms with E-state index in [-0.39, 0.29) is 0 Å². The molecule has 3 nitrogen and oxygen atoms in total. The largest absolute Gasteiger partial charge is 0.310 e. The Kier molecular flexibility index (Phi) is 7.11. The van der Waals surface area contributed by atoms with Gasteiger partial charge in [0, 0.05) is 55.1 Å². The zero-order chi connectivity index (χ0) is 41.2. The van der Waals surface area contributed by atoms with Crippen molar-refractivity contribution in [3.8, 4) is 16.8 Å². The molecule has 14 aromatic rings. The van der Waals surface area contributed by atoms with E-state index in [1.165, 1.54) is 109 Å². The molecule has 3 aromatic heterocycles. The number of rotatable bonds is 5. The summed E-state index contributed by atoms with van der Waals surface area (Å²) in [6.07, 6.45) is 0. The maximum absolute atomic E-state index is 2.47. The summed E-state index contributed by atoms with van der Waals surface area (Å²) in [5, 5.41) is 15.2. The van der Waals surface area contributed by atoms with Crippen LogP contribution in [0.2, 0.25) is 0 Å².